The van der Waals surface area contributed by atoms with E-state index in [-0.39, 0.29) is 83.1 Å². The van der Waals surface area contributed by atoms with Crippen LogP contribution < -0.4 is 10.6 Å². The van der Waals surface area contributed by atoms with Crippen LogP contribution in [0.15, 0.2) is 146 Å². The van der Waals surface area contributed by atoms with Crippen molar-refractivity contribution >= 4 is 107 Å². The van der Waals surface area contributed by atoms with Crippen molar-refractivity contribution in [3.8, 4) is 44.5 Å². The summed E-state index contributed by atoms with van der Waals surface area (Å²) in [5.41, 5.74) is 6.75. The van der Waals surface area contributed by atoms with E-state index in [0.29, 0.717) is 43.6 Å². The fraction of sp³-hybridized carbons (Fsp3) is 0.235. The lowest BCUT2D eigenvalue weighted by Crippen LogP contribution is -2.32. The number of hydrogen-bond donors (Lipinski definition) is 3. The number of rotatable bonds is 15. The minimum absolute atomic E-state index is 0.0185. The zero-order chi connectivity index (χ0) is 64.8. The number of fused-ring (bicyclic) bond motifs is 2. The number of anilines is 2. The minimum Gasteiger partial charge on any atom is -0.323 e. The molecule has 91 heavy (non-hydrogen) atoms. The molecule has 2 unspecified atom stereocenters. The zero-order valence-corrected chi connectivity index (χ0v) is 52.4. The number of nitrogens with one attached hydrogen (secondary N) is 3. The average molecular weight is 1340 g/mol. The molecule has 0 bridgehead atoms. The number of aromatic amines is 1. The van der Waals surface area contributed by atoms with Gasteiger partial charge in [-0.1, -0.05) is 112 Å². The lowest BCUT2D eigenvalue weighted by Gasteiger charge is -2.19. The maximum absolute atomic E-state index is 15.5. The number of aryl methyl sites for hydroxylation is 2. The highest BCUT2D eigenvalue weighted by molar-refractivity contribution is 9.09. The highest BCUT2D eigenvalue weighted by atomic mass is 79.9. The van der Waals surface area contributed by atoms with Gasteiger partial charge in [-0.3, -0.25) is 38.5 Å². The first-order valence-electron chi connectivity index (χ1n) is 28.8. The molecule has 10 aromatic rings. The molecule has 23 heteroatoms. The summed E-state index contributed by atoms with van der Waals surface area (Å²) in [6, 6.07) is 33.9. The zero-order valence-electron chi connectivity index (χ0n) is 49.3. The van der Waals surface area contributed by atoms with Crippen molar-refractivity contribution in [1.29, 1.82) is 0 Å². The Bertz CT molecular complexity index is 4440. The fourth-order valence-electron chi connectivity index (χ4n) is 11.4. The third kappa shape index (κ3) is 14.5. The Hall–Kier alpha value is -9.18. The Balaban J connectivity index is 0.000000167. The molecule has 16 nitrogen and oxygen atoms in total. The highest BCUT2D eigenvalue weighted by Crippen LogP contribution is 2.40. The van der Waals surface area contributed by atoms with Gasteiger partial charge < -0.3 is 10.6 Å². The van der Waals surface area contributed by atoms with E-state index in [9.17, 15) is 41.9 Å². The van der Waals surface area contributed by atoms with Crippen LogP contribution in [0.25, 0.3) is 66.3 Å². The number of ketones is 4. The summed E-state index contributed by atoms with van der Waals surface area (Å²) in [5.74, 6) is -5.61. The number of benzene rings is 6. The van der Waals surface area contributed by atoms with E-state index in [1.165, 1.54) is 30.7 Å². The molecule has 0 aliphatic heterocycles. The first-order chi connectivity index (χ1) is 43.7. The molecular weight excluding hydrogens is 1280 g/mol. The molecule has 2 aliphatic carbocycles. The van der Waals surface area contributed by atoms with E-state index in [0.717, 1.165) is 39.0 Å². The van der Waals surface area contributed by atoms with Gasteiger partial charge in [-0.2, -0.15) is 10.2 Å². The lowest BCUT2D eigenvalue weighted by molar-refractivity contribution is -0.130. The van der Waals surface area contributed by atoms with Gasteiger partial charge in [0, 0.05) is 105 Å². The van der Waals surface area contributed by atoms with Gasteiger partial charge in [0.25, 0.3) is 0 Å². The molecule has 12 rings (SSSR count). The predicted octanol–water partition coefficient (Wildman–Crippen LogP) is 15.0. The second-order valence-electron chi connectivity index (χ2n) is 22.1. The highest BCUT2D eigenvalue weighted by Gasteiger charge is 2.44. The Labute approximate surface area is 537 Å². The quantitative estimate of drug-likeness (QED) is 0.0495. The summed E-state index contributed by atoms with van der Waals surface area (Å²) in [7, 11) is 0. The van der Waals surface area contributed by atoms with Crippen molar-refractivity contribution in [2.75, 3.05) is 16.0 Å². The van der Waals surface area contributed by atoms with Gasteiger partial charge in [0.2, 0.25) is 11.8 Å². The molecule has 6 aromatic carbocycles. The number of amides is 2. The second-order valence-corrected chi connectivity index (χ2v) is 23.5. The van der Waals surface area contributed by atoms with Crippen molar-refractivity contribution < 1.29 is 46.3 Å². The van der Waals surface area contributed by atoms with E-state index in [4.69, 9.17) is 23.2 Å². The molecule has 4 heterocycles. The Morgan fingerprint density at radius 3 is 1.46 bits per heavy atom. The molecule has 0 radical (unpaired) electrons. The van der Waals surface area contributed by atoms with E-state index < -0.39 is 65.2 Å². The van der Waals surface area contributed by atoms with Gasteiger partial charge in [-0.05, 0) is 99.2 Å². The third-order valence-corrected chi connectivity index (χ3v) is 17.2. The van der Waals surface area contributed by atoms with E-state index in [1.54, 1.807) is 117 Å². The van der Waals surface area contributed by atoms with Crippen LogP contribution in [0.4, 0.5) is 28.9 Å². The maximum Gasteiger partial charge on any atom is 0.228 e. The number of carbonyl (C=O) groups excluding carboxylic acids is 6. The van der Waals surface area contributed by atoms with Gasteiger partial charge in [-0.25, -0.2) is 37.5 Å². The number of alkyl halides is 3. The Morgan fingerprint density at radius 2 is 0.989 bits per heavy atom. The summed E-state index contributed by atoms with van der Waals surface area (Å²) in [5, 5.41) is 18.6. The molecular formula is C68H57BrCl2F4N10O6. The van der Waals surface area contributed by atoms with Crippen LogP contribution in [-0.2, 0) is 25.7 Å². The molecule has 2 fully saturated rings. The first-order valence-corrected chi connectivity index (χ1v) is 30.7. The first kappa shape index (κ1) is 64.8. The molecule has 2 saturated carbocycles. The number of nitrogens with zero attached hydrogens (tertiary/aromatic N) is 7. The van der Waals surface area contributed by atoms with E-state index >= 15 is 4.39 Å². The van der Waals surface area contributed by atoms with Crippen LogP contribution in [0.1, 0.15) is 72.2 Å². The standard InChI is InChI=1S/C34H28ClF2N5O3.C20H17BrClF2NO2.C14H12N4O/c1-18(43)33-27-12-20(21-15-38-19(2)39-16-21)10-11-30(27)42(41-33)17-31(44)25-13-22(36)14-26(25)34(45)40-29-9-5-7-24(32(29)37)23-6-3-4-8-28(23)35;21-10-18(26)14-8-11(23)9-15(14)20(27)25-17-7-3-5-13(19(17)24)12-4-1-2-6-16(12)22;1-8(19)14-12-5-10(3-4-13(12)17-18-14)11-6-15-9(2)16-7-11/h3-12,15-16,22,25-26H,13-14,17H2,1-2H3,(H,40,45);1-7,11,14-15H,8-10H2,(H,25,27);3-7H,1-2H3,(H,17,18)/t22-,25+,26?;11-,14+,15?;/m00./s1. The number of halogens is 7. The monoisotopic (exact) mass is 1330 g/mol. The van der Waals surface area contributed by atoms with Gasteiger partial charge >= 0.3 is 0 Å². The van der Waals surface area contributed by atoms with Crippen LogP contribution in [0.5, 0.6) is 0 Å². The topological polar surface area (TPSA) is 225 Å². The third-order valence-electron chi connectivity index (χ3n) is 16.0. The lowest BCUT2D eigenvalue weighted by atomic mass is 9.91. The maximum atomic E-state index is 15.5. The smallest absolute Gasteiger partial charge is 0.228 e. The molecule has 2 aliphatic rings. The van der Waals surface area contributed by atoms with Crippen molar-refractivity contribution in [2.24, 2.45) is 23.7 Å². The van der Waals surface area contributed by atoms with Crippen LogP contribution in [0, 0.1) is 49.2 Å². The van der Waals surface area contributed by atoms with Crippen LogP contribution in [-0.4, -0.2) is 92.5 Å². The van der Waals surface area contributed by atoms with Crippen molar-refractivity contribution in [3.63, 3.8) is 0 Å². The summed E-state index contributed by atoms with van der Waals surface area (Å²) in [6.07, 6.45) is 3.98. The van der Waals surface area contributed by atoms with E-state index in [2.05, 4.69) is 61.8 Å². The molecule has 0 saturated heterocycles. The number of aromatic nitrogens is 8. The molecule has 0 spiro atoms. The van der Waals surface area contributed by atoms with Gasteiger partial charge in [-0.15, -0.1) is 0 Å². The number of hydrogen-bond acceptors (Lipinski definition) is 12. The summed E-state index contributed by atoms with van der Waals surface area (Å²) in [4.78, 5) is 92.4. The summed E-state index contributed by atoms with van der Waals surface area (Å²) < 4.78 is 60.4. The molecule has 2 amide bonds. The number of H-pyrrole nitrogens is 1. The fourth-order valence-corrected chi connectivity index (χ4v) is 12.3. The van der Waals surface area contributed by atoms with Crippen molar-refractivity contribution in [3.05, 3.63) is 191 Å². The van der Waals surface area contributed by atoms with Crippen LogP contribution in [0.3, 0.4) is 0 Å². The second kappa shape index (κ2) is 28.3. The molecule has 464 valence electrons. The largest absolute Gasteiger partial charge is 0.323 e. The predicted molar refractivity (Wildman–Crippen MR) is 344 cm³/mol. The van der Waals surface area contributed by atoms with Gasteiger partial charge in [0.05, 0.1) is 39.6 Å². The SMILES string of the molecule is CC(=O)c1n[nH]c2ccc(-c3cnc(C)nc3)cc12.CC(=O)c1nn(CC(=O)[C@@H]2C[C@H](F)CC2C(=O)Nc2cccc(-c3ccccc3Cl)c2F)c2ccc(-c3cnc(C)nc3)cc12.O=C(Nc1cccc(-c2ccccc2Cl)c1F)C1C[C@@H](F)C[C@H]1C(=O)CBr. The minimum atomic E-state index is -1.38. The average Bonchev–Trinajstić information content (AvgIpc) is 1.79. The normalized spacial score (nSPS) is 17.6. The van der Waals surface area contributed by atoms with Crippen molar-refractivity contribution in [2.45, 2.75) is 72.3 Å². The molecule has 3 N–H and O–H groups in total. The number of Topliss-reactive ketones (excluding diaryl/α,β-unsaturated/α-hetero) is 4. The summed E-state index contributed by atoms with van der Waals surface area (Å²) in [6.45, 7) is 6.26. The van der Waals surface area contributed by atoms with Crippen molar-refractivity contribution in [1.82, 2.24) is 39.9 Å². The Kier molecular flexibility index (Phi) is 20.2. The summed E-state index contributed by atoms with van der Waals surface area (Å²) >= 11 is 15.5. The van der Waals surface area contributed by atoms with E-state index in [1.807, 2.05) is 31.2 Å². The number of carbonyl (C=O) groups is 6. The van der Waals surface area contributed by atoms with Crippen LogP contribution in [0.2, 0.25) is 10.0 Å². The molecule has 6 atom stereocenters. The van der Waals surface area contributed by atoms with Crippen LogP contribution >= 0.6 is 39.1 Å². The van der Waals surface area contributed by atoms with Gasteiger partial charge in [0.15, 0.2) is 29.0 Å². The van der Waals surface area contributed by atoms with Gasteiger partial charge in [0.1, 0.15) is 47.7 Å². The molecule has 4 aromatic heterocycles. The Morgan fingerprint density at radius 1 is 0.549 bits per heavy atom.